The number of rotatable bonds is 5. The number of hydrogen-bond donors (Lipinski definition) is 1. The monoisotopic (exact) mass is 305 g/mol. The first-order chi connectivity index (χ1) is 10.4. The van der Waals surface area contributed by atoms with Gasteiger partial charge in [0.05, 0.1) is 6.54 Å². The van der Waals surface area contributed by atoms with Gasteiger partial charge in [-0.1, -0.05) is 6.42 Å². The lowest BCUT2D eigenvalue weighted by molar-refractivity contribution is -0.132. The normalized spacial score (nSPS) is 26.4. The Kier molecular flexibility index (Phi) is 3.98. The number of fused-ring (bicyclic) bond motifs is 2. The fourth-order valence-electron chi connectivity index (χ4n) is 4.16. The molecular formula is C17H23NO4. The zero-order chi connectivity index (χ0) is 15.9. The molecule has 1 N–H and O–H groups in total. The van der Waals surface area contributed by atoms with Crippen LogP contribution >= 0.6 is 0 Å². The van der Waals surface area contributed by atoms with Crippen molar-refractivity contribution in [2.75, 3.05) is 7.05 Å². The average Bonchev–Trinajstić information content (AvgIpc) is 3.14. The number of carbonyl (C=O) groups is 2. The first-order valence-corrected chi connectivity index (χ1v) is 8.00. The lowest BCUT2D eigenvalue weighted by Crippen LogP contribution is -2.29. The number of carboxylic acid groups (broad SMARTS) is 1. The molecule has 1 heterocycles. The summed E-state index contributed by atoms with van der Waals surface area (Å²) in [5, 5.41) is 9.03. The van der Waals surface area contributed by atoms with Crippen molar-refractivity contribution in [3.63, 3.8) is 0 Å². The van der Waals surface area contributed by atoms with Crippen molar-refractivity contribution < 1.29 is 19.1 Å². The van der Waals surface area contributed by atoms with Gasteiger partial charge in [-0.25, -0.2) is 4.79 Å². The zero-order valence-corrected chi connectivity index (χ0v) is 13.2. The molecule has 1 aromatic heterocycles. The lowest BCUT2D eigenvalue weighted by atomic mass is 9.86. The minimum Gasteiger partial charge on any atom is -0.478 e. The maximum atomic E-state index is 12.4. The molecule has 2 fully saturated rings. The van der Waals surface area contributed by atoms with E-state index < -0.39 is 5.97 Å². The average molecular weight is 305 g/mol. The predicted molar refractivity (Wildman–Crippen MR) is 80.4 cm³/mol. The third kappa shape index (κ3) is 2.89. The van der Waals surface area contributed by atoms with Gasteiger partial charge in [-0.2, -0.15) is 0 Å². The standard InChI is InChI=1S/C17H23NO4/c1-10-15(17(20)21)8-14(22-10)9-18(2)16(19)7-13-6-11-3-4-12(13)5-11/h8,11-13H,3-7,9H2,1-2H3,(H,20,21). The van der Waals surface area contributed by atoms with Crippen molar-refractivity contribution in [1.82, 2.24) is 4.90 Å². The van der Waals surface area contributed by atoms with Crippen molar-refractivity contribution >= 4 is 11.9 Å². The van der Waals surface area contributed by atoms with Crippen molar-refractivity contribution in [3.05, 3.63) is 23.2 Å². The molecule has 0 aliphatic heterocycles. The summed E-state index contributed by atoms with van der Waals surface area (Å²) in [7, 11) is 1.76. The van der Waals surface area contributed by atoms with Gasteiger partial charge in [0, 0.05) is 13.5 Å². The van der Waals surface area contributed by atoms with E-state index in [1.807, 2.05) is 0 Å². The number of carboxylic acids is 1. The van der Waals surface area contributed by atoms with E-state index in [-0.39, 0.29) is 11.5 Å². The topological polar surface area (TPSA) is 70.8 Å². The second-order valence-electron chi connectivity index (χ2n) is 6.88. The van der Waals surface area contributed by atoms with Crippen LogP contribution in [-0.2, 0) is 11.3 Å². The van der Waals surface area contributed by atoms with Gasteiger partial charge in [0.2, 0.25) is 5.91 Å². The molecule has 0 saturated heterocycles. The summed E-state index contributed by atoms with van der Waals surface area (Å²) in [5.74, 6) is 2.18. The highest BCUT2D eigenvalue weighted by molar-refractivity contribution is 5.88. The van der Waals surface area contributed by atoms with Crippen LogP contribution in [-0.4, -0.2) is 28.9 Å². The van der Waals surface area contributed by atoms with E-state index in [4.69, 9.17) is 9.52 Å². The molecule has 0 spiro atoms. The van der Waals surface area contributed by atoms with E-state index in [9.17, 15) is 9.59 Å². The van der Waals surface area contributed by atoms with Crippen LogP contribution in [0.5, 0.6) is 0 Å². The largest absolute Gasteiger partial charge is 0.478 e. The van der Waals surface area contributed by atoms with Crippen LogP contribution in [0.2, 0.25) is 0 Å². The molecule has 5 heteroatoms. The van der Waals surface area contributed by atoms with Gasteiger partial charge in [-0.05, 0) is 50.0 Å². The van der Waals surface area contributed by atoms with Crippen LogP contribution in [0.15, 0.2) is 10.5 Å². The van der Waals surface area contributed by atoms with Gasteiger partial charge in [0.25, 0.3) is 0 Å². The molecule has 1 aromatic rings. The Morgan fingerprint density at radius 1 is 1.36 bits per heavy atom. The number of amides is 1. The molecule has 120 valence electrons. The molecule has 1 amide bonds. The van der Waals surface area contributed by atoms with E-state index >= 15 is 0 Å². The second kappa shape index (κ2) is 5.78. The van der Waals surface area contributed by atoms with Crippen LogP contribution in [0.3, 0.4) is 0 Å². The fraction of sp³-hybridized carbons (Fsp3) is 0.647. The quantitative estimate of drug-likeness (QED) is 0.907. The summed E-state index contributed by atoms with van der Waals surface area (Å²) < 4.78 is 5.44. The molecule has 2 aliphatic rings. The first-order valence-electron chi connectivity index (χ1n) is 8.00. The Morgan fingerprint density at radius 2 is 2.14 bits per heavy atom. The highest BCUT2D eigenvalue weighted by Gasteiger charge is 2.40. The Bertz CT molecular complexity index is 591. The fourth-order valence-corrected chi connectivity index (χ4v) is 4.16. The minimum absolute atomic E-state index is 0.128. The van der Waals surface area contributed by atoms with E-state index in [2.05, 4.69) is 0 Å². The van der Waals surface area contributed by atoms with Crippen molar-refractivity contribution in [3.8, 4) is 0 Å². The molecular weight excluding hydrogens is 282 g/mol. The van der Waals surface area contributed by atoms with Crippen molar-refractivity contribution in [2.24, 2.45) is 17.8 Å². The number of aromatic carboxylic acids is 1. The third-order valence-electron chi connectivity index (χ3n) is 5.34. The lowest BCUT2D eigenvalue weighted by Gasteiger charge is -2.24. The molecule has 2 saturated carbocycles. The molecule has 3 rings (SSSR count). The molecule has 3 atom stereocenters. The summed E-state index contributed by atoms with van der Waals surface area (Å²) in [4.78, 5) is 25.0. The Balaban J connectivity index is 1.57. The molecule has 3 unspecified atom stereocenters. The van der Waals surface area contributed by atoms with Gasteiger partial charge in [0.15, 0.2) is 0 Å². The van der Waals surface area contributed by atoms with Gasteiger partial charge < -0.3 is 14.4 Å². The van der Waals surface area contributed by atoms with Gasteiger partial charge in [-0.3, -0.25) is 4.79 Å². The molecule has 2 aliphatic carbocycles. The van der Waals surface area contributed by atoms with E-state index in [0.717, 1.165) is 11.8 Å². The Morgan fingerprint density at radius 3 is 2.68 bits per heavy atom. The first kappa shape index (κ1) is 15.1. The molecule has 22 heavy (non-hydrogen) atoms. The number of hydrogen-bond acceptors (Lipinski definition) is 3. The number of nitrogens with zero attached hydrogens (tertiary/aromatic N) is 1. The van der Waals surface area contributed by atoms with E-state index in [0.29, 0.717) is 30.4 Å². The molecule has 5 nitrogen and oxygen atoms in total. The maximum absolute atomic E-state index is 12.4. The van der Waals surface area contributed by atoms with Crippen LogP contribution in [0, 0.1) is 24.7 Å². The van der Waals surface area contributed by atoms with Crippen molar-refractivity contribution in [1.29, 1.82) is 0 Å². The summed E-state index contributed by atoms with van der Waals surface area (Å²) in [5.41, 5.74) is 0.170. The second-order valence-corrected chi connectivity index (χ2v) is 6.88. The number of aryl methyl sites for hydroxylation is 1. The molecule has 0 radical (unpaired) electrons. The summed E-state index contributed by atoms with van der Waals surface area (Å²) in [6.07, 6.45) is 5.75. The van der Waals surface area contributed by atoms with Crippen LogP contribution < -0.4 is 0 Å². The zero-order valence-electron chi connectivity index (χ0n) is 13.2. The predicted octanol–water partition coefficient (Wildman–Crippen LogP) is 3.07. The minimum atomic E-state index is -0.997. The summed E-state index contributed by atoms with van der Waals surface area (Å²) >= 11 is 0. The van der Waals surface area contributed by atoms with E-state index in [1.165, 1.54) is 31.7 Å². The highest BCUT2D eigenvalue weighted by atomic mass is 16.4. The maximum Gasteiger partial charge on any atom is 0.339 e. The Labute approximate surface area is 130 Å². The summed E-state index contributed by atoms with van der Waals surface area (Å²) in [6, 6.07) is 1.51. The van der Waals surface area contributed by atoms with Crippen LogP contribution in [0.25, 0.3) is 0 Å². The molecule has 0 aromatic carbocycles. The van der Waals surface area contributed by atoms with E-state index in [1.54, 1.807) is 18.9 Å². The SMILES string of the molecule is Cc1oc(CN(C)C(=O)CC2CC3CCC2C3)cc1C(=O)O. The van der Waals surface area contributed by atoms with Gasteiger partial charge in [-0.15, -0.1) is 0 Å². The highest BCUT2D eigenvalue weighted by Crippen LogP contribution is 2.49. The van der Waals surface area contributed by atoms with Gasteiger partial charge in [0.1, 0.15) is 17.1 Å². The van der Waals surface area contributed by atoms with Crippen LogP contribution in [0.1, 0.15) is 54.0 Å². The van der Waals surface area contributed by atoms with Gasteiger partial charge >= 0.3 is 5.97 Å². The molecule has 2 bridgehead atoms. The van der Waals surface area contributed by atoms with Crippen molar-refractivity contribution in [2.45, 2.75) is 45.6 Å². The number of furan rings is 1. The van der Waals surface area contributed by atoms with Crippen LogP contribution in [0.4, 0.5) is 0 Å². The number of carbonyl (C=O) groups excluding carboxylic acids is 1. The third-order valence-corrected chi connectivity index (χ3v) is 5.34. The summed E-state index contributed by atoms with van der Waals surface area (Å²) in [6.45, 7) is 1.96. The Hall–Kier alpha value is -1.78. The smallest absolute Gasteiger partial charge is 0.339 e.